The minimum Gasteiger partial charge on any atom is -0.308 e. The Balaban J connectivity index is 1.68. The van der Waals surface area contributed by atoms with Gasteiger partial charge in [0, 0.05) is 30.9 Å². The molecule has 0 spiro atoms. The summed E-state index contributed by atoms with van der Waals surface area (Å²) in [5.74, 6) is 0. The number of likely N-dealkylation sites (N-methyl/N-ethyl adjacent to an activating group) is 1. The molecule has 124 valence electrons. The van der Waals surface area contributed by atoms with Gasteiger partial charge in [0.15, 0.2) is 0 Å². The Kier molecular flexibility index (Phi) is 5.41. The summed E-state index contributed by atoms with van der Waals surface area (Å²) in [6.07, 6.45) is 4.01. The Bertz CT molecular complexity index is 735. The number of aromatic nitrogens is 2. The van der Waals surface area contributed by atoms with Gasteiger partial charge < -0.3 is 10.2 Å². The summed E-state index contributed by atoms with van der Waals surface area (Å²) >= 11 is 0. The van der Waals surface area contributed by atoms with Crippen molar-refractivity contribution in [1.82, 2.24) is 20.0 Å². The number of hydrogen-bond acceptors (Lipinski definition) is 3. The Hall–Kier alpha value is -2.43. The molecule has 1 atom stereocenters. The predicted octanol–water partition coefficient (Wildman–Crippen LogP) is 3.26. The van der Waals surface area contributed by atoms with Gasteiger partial charge in [-0.15, -0.1) is 0 Å². The molecule has 0 radical (unpaired) electrons. The molecule has 0 bridgehead atoms. The number of hydrogen-bond donors (Lipinski definition) is 1. The summed E-state index contributed by atoms with van der Waals surface area (Å²) in [5, 5.41) is 8.12. The zero-order chi connectivity index (χ0) is 16.8. The minimum atomic E-state index is 0.293. The number of nitrogens with one attached hydrogen (secondary N) is 1. The van der Waals surface area contributed by atoms with Crippen molar-refractivity contribution in [2.75, 3.05) is 20.6 Å². The second-order valence-electron chi connectivity index (χ2n) is 6.24. The van der Waals surface area contributed by atoms with Gasteiger partial charge in [-0.1, -0.05) is 48.5 Å². The molecule has 0 amide bonds. The summed E-state index contributed by atoms with van der Waals surface area (Å²) in [4.78, 5) is 2.21. The van der Waals surface area contributed by atoms with Crippen LogP contribution in [0.1, 0.15) is 17.2 Å². The van der Waals surface area contributed by atoms with Crippen LogP contribution in [-0.2, 0) is 6.54 Å². The second kappa shape index (κ2) is 7.90. The van der Waals surface area contributed by atoms with E-state index in [2.05, 4.69) is 78.1 Å². The van der Waals surface area contributed by atoms with Crippen molar-refractivity contribution in [3.63, 3.8) is 0 Å². The fraction of sp³-hybridized carbons (Fsp3) is 0.250. The van der Waals surface area contributed by atoms with Gasteiger partial charge in [-0.2, -0.15) is 5.10 Å². The Morgan fingerprint density at radius 3 is 2.33 bits per heavy atom. The fourth-order valence-corrected chi connectivity index (χ4v) is 2.75. The summed E-state index contributed by atoms with van der Waals surface area (Å²) in [6, 6.07) is 21.1. The molecule has 0 aliphatic carbocycles. The standard InChI is InChI=1S/C20H24N4/c1-23(2)16-20(18-9-5-3-6-10-18)21-13-17-14-22-24(15-17)19-11-7-4-8-12-19/h3-12,14-15,20-21H,13,16H2,1-2H3. The maximum Gasteiger partial charge on any atom is 0.0645 e. The van der Waals surface area contributed by atoms with Crippen LogP contribution in [0.4, 0.5) is 0 Å². The average Bonchev–Trinajstić information content (AvgIpc) is 3.09. The van der Waals surface area contributed by atoms with Gasteiger partial charge >= 0.3 is 0 Å². The Labute approximate surface area is 143 Å². The molecular formula is C20H24N4. The number of nitrogens with zero attached hydrogens (tertiary/aromatic N) is 3. The third-order valence-corrected chi connectivity index (χ3v) is 3.96. The lowest BCUT2D eigenvalue weighted by atomic mass is 10.1. The van der Waals surface area contributed by atoms with Crippen LogP contribution >= 0.6 is 0 Å². The summed E-state index contributed by atoms with van der Waals surface area (Å²) in [6.45, 7) is 1.75. The molecule has 1 heterocycles. The van der Waals surface area contributed by atoms with Crippen molar-refractivity contribution in [1.29, 1.82) is 0 Å². The van der Waals surface area contributed by atoms with E-state index in [1.807, 2.05) is 29.1 Å². The third-order valence-electron chi connectivity index (χ3n) is 3.96. The smallest absolute Gasteiger partial charge is 0.0645 e. The third kappa shape index (κ3) is 4.31. The quantitative estimate of drug-likeness (QED) is 0.725. The van der Waals surface area contributed by atoms with Crippen molar-refractivity contribution in [2.24, 2.45) is 0 Å². The zero-order valence-corrected chi connectivity index (χ0v) is 14.3. The maximum atomic E-state index is 4.46. The van der Waals surface area contributed by atoms with E-state index in [1.165, 1.54) is 11.1 Å². The van der Waals surface area contributed by atoms with Crippen LogP contribution in [0.2, 0.25) is 0 Å². The van der Waals surface area contributed by atoms with Gasteiger partial charge in [-0.25, -0.2) is 4.68 Å². The van der Waals surface area contributed by atoms with Crippen molar-refractivity contribution >= 4 is 0 Å². The number of rotatable bonds is 7. The molecular weight excluding hydrogens is 296 g/mol. The molecule has 0 fully saturated rings. The van der Waals surface area contributed by atoms with Crippen molar-refractivity contribution in [3.8, 4) is 5.69 Å². The normalized spacial score (nSPS) is 12.5. The highest BCUT2D eigenvalue weighted by Crippen LogP contribution is 2.15. The van der Waals surface area contributed by atoms with Gasteiger partial charge in [0.1, 0.15) is 0 Å². The second-order valence-corrected chi connectivity index (χ2v) is 6.24. The van der Waals surface area contributed by atoms with E-state index >= 15 is 0 Å². The first-order valence-electron chi connectivity index (χ1n) is 8.24. The Morgan fingerprint density at radius 2 is 1.67 bits per heavy atom. The summed E-state index contributed by atoms with van der Waals surface area (Å²) in [7, 11) is 4.20. The van der Waals surface area contributed by atoms with Crippen molar-refractivity contribution in [2.45, 2.75) is 12.6 Å². The summed E-state index contributed by atoms with van der Waals surface area (Å²) in [5.41, 5.74) is 3.57. The fourth-order valence-electron chi connectivity index (χ4n) is 2.75. The van der Waals surface area contributed by atoms with E-state index in [0.29, 0.717) is 6.04 Å². The molecule has 3 rings (SSSR count). The molecule has 1 N–H and O–H groups in total. The van der Waals surface area contributed by atoms with Crippen LogP contribution in [0.15, 0.2) is 73.1 Å². The van der Waals surface area contributed by atoms with E-state index in [1.54, 1.807) is 0 Å². The zero-order valence-electron chi connectivity index (χ0n) is 14.3. The maximum absolute atomic E-state index is 4.46. The number of para-hydroxylation sites is 1. The van der Waals surface area contributed by atoms with Crippen LogP contribution in [-0.4, -0.2) is 35.3 Å². The van der Waals surface area contributed by atoms with Crippen LogP contribution in [0.25, 0.3) is 5.69 Å². The first-order valence-corrected chi connectivity index (χ1v) is 8.24. The van der Waals surface area contributed by atoms with Crippen molar-refractivity contribution in [3.05, 3.63) is 84.2 Å². The highest BCUT2D eigenvalue weighted by molar-refractivity contribution is 5.31. The van der Waals surface area contributed by atoms with Gasteiger partial charge in [-0.3, -0.25) is 0 Å². The first kappa shape index (κ1) is 16.4. The largest absolute Gasteiger partial charge is 0.308 e. The molecule has 4 nitrogen and oxygen atoms in total. The lowest BCUT2D eigenvalue weighted by molar-refractivity contribution is 0.340. The van der Waals surface area contributed by atoms with E-state index in [9.17, 15) is 0 Å². The number of benzene rings is 2. The van der Waals surface area contributed by atoms with Crippen LogP contribution < -0.4 is 5.32 Å². The molecule has 4 heteroatoms. The lowest BCUT2D eigenvalue weighted by Gasteiger charge is -2.22. The molecule has 0 aliphatic rings. The van der Waals surface area contributed by atoms with Gasteiger partial charge in [-0.05, 0) is 31.8 Å². The SMILES string of the molecule is CN(C)CC(NCc1cnn(-c2ccccc2)c1)c1ccccc1. The Morgan fingerprint density at radius 1 is 1.00 bits per heavy atom. The van der Waals surface area contributed by atoms with Crippen LogP contribution in [0, 0.1) is 0 Å². The van der Waals surface area contributed by atoms with Gasteiger partial charge in [0.25, 0.3) is 0 Å². The summed E-state index contributed by atoms with van der Waals surface area (Å²) < 4.78 is 1.92. The molecule has 0 saturated heterocycles. The molecule has 24 heavy (non-hydrogen) atoms. The van der Waals surface area contributed by atoms with Crippen molar-refractivity contribution < 1.29 is 0 Å². The molecule has 0 saturated carbocycles. The van der Waals surface area contributed by atoms with E-state index in [4.69, 9.17) is 0 Å². The van der Waals surface area contributed by atoms with E-state index < -0.39 is 0 Å². The first-order chi connectivity index (χ1) is 11.7. The highest BCUT2D eigenvalue weighted by atomic mass is 15.3. The molecule has 3 aromatic rings. The monoisotopic (exact) mass is 320 g/mol. The minimum absolute atomic E-state index is 0.293. The topological polar surface area (TPSA) is 33.1 Å². The molecule has 1 aromatic heterocycles. The van der Waals surface area contributed by atoms with Gasteiger partial charge in [0.05, 0.1) is 11.9 Å². The molecule has 0 aliphatic heterocycles. The van der Waals surface area contributed by atoms with E-state index in [-0.39, 0.29) is 0 Å². The lowest BCUT2D eigenvalue weighted by Crippen LogP contribution is -2.30. The highest BCUT2D eigenvalue weighted by Gasteiger charge is 2.12. The van der Waals surface area contributed by atoms with E-state index in [0.717, 1.165) is 18.8 Å². The average molecular weight is 320 g/mol. The van der Waals surface area contributed by atoms with Gasteiger partial charge in [0.2, 0.25) is 0 Å². The van der Waals surface area contributed by atoms with Crippen LogP contribution in [0.3, 0.4) is 0 Å². The van der Waals surface area contributed by atoms with Crippen LogP contribution in [0.5, 0.6) is 0 Å². The molecule has 2 aromatic carbocycles. The predicted molar refractivity (Wildman–Crippen MR) is 98.1 cm³/mol. The molecule has 1 unspecified atom stereocenters.